The van der Waals surface area contributed by atoms with E-state index in [1.165, 1.54) is 7.05 Å². The maximum absolute atomic E-state index is 11.8. The molecule has 6 nitrogen and oxygen atoms in total. The molecule has 1 saturated heterocycles. The van der Waals surface area contributed by atoms with Gasteiger partial charge in [0, 0.05) is 20.0 Å². The highest BCUT2D eigenvalue weighted by Gasteiger charge is 2.21. The summed E-state index contributed by atoms with van der Waals surface area (Å²) in [7, 11) is 1.44. The van der Waals surface area contributed by atoms with Crippen LogP contribution in [0, 0.1) is 0 Å². The molecule has 0 aromatic heterocycles. The van der Waals surface area contributed by atoms with Crippen LogP contribution in [-0.4, -0.2) is 59.4 Å². The zero-order valence-corrected chi connectivity index (χ0v) is 10.7. The number of aliphatic carboxylic acids is 1. The zero-order chi connectivity index (χ0) is 13.5. The lowest BCUT2D eigenvalue weighted by Crippen LogP contribution is -2.43. The summed E-state index contributed by atoms with van der Waals surface area (Å²) in [6.45, 7) is 0.245. The molecule has 1 heterocycles. The van der Waals surface area contributed by atoms with E-state index in [0.29, 0.717) is 13.0 Å². The average Bonchev–Trinajstić information content (AvgIpc) is 2.27. The van der Waals surface area contributed by atoms with Gasteiger partial charge in [-0.25, -0.2) is 0 Å². The first-order valence-electron chi connectivity index (χ1n) is 6.24. The van der Waals surface area contributed by atoms with Crippen molar-refractivity contribution in [1.29, 1.82) is 0 Å². The molecule has 1 aliphatic rings. The van der Waals surface area contributed by atoms with Gasteiger partial charge in [0.05, 0.1) is 6.54 Å². The van der Waals surface area contributed by atoms with Crippen LogP contribution < -0.4 is 0 Å². The monoisotopic (exact) mass is 256 g/mol. The predicted octanol–water partition coefficient (Wildman–Crippen LogP) is 0.322. The maximum atomic E-state index is 11.8. The fraction of sp³-hybridized carbons (Fsp3) is 0.750. The second-order valence-electron chi connectivity index (χ2n) is 4.62. The number of nitrogens with zero attached hydrogens (tertiary/aromatic N) is 2. The van der Waals surface area contributed by atoms with Crippen LogP contribution in [0.5, 0.6) is 0 Å². The van der Waals surface area contributed by atoms with E-state index < -0.39 is 5.97 Å². The fourth-order valence-corrected chi connectivity index (χ4v) is 1.96. The third kappa shape index (κ3) is 4.73. The van der Waals surface area contributed by atoms with Crippen molar-refractivity contribution in [1.82, 2.24) is 9.80 Å². The van der Waals surface area contributed by atoms with E-state index in [-0.39, 0.29) is 24.9 Å². The second kappa shape index (κ2) is 6.98. The Balaban J connectivity index is 2.49. The van der Waals surface area contributed by atoms with Gasteiger partial charge in [-0.1, -0.05) is 12.8 Å². The third-order valence-corrected chi connectivity index (χ3v) is 3.05. The van der Waals surface area contributed by atoms with Gasteiger partial charge in [0.2, 0.25) is 11.8 Å². The van der Waals surface area contributed by atoms with Crippen molar-refractivity contribution in [2.45, 2.75) is 32.1 Å². The summed E-state index contributed by atoms with van der Waals surface area (Å²) in [5.41, 5.74) is 0. The molecule has 1 fully saturated rings. The van der Waals surface area contributed by atoms with Crippen LogP contribution in [0.1, 0.15) is 32.1 Å². The molecule has 0 unspecified atom stereocenters. The number of hydrogen-bond acceptors (Lipinski definition) is 3. The molecule has 0 saturated carbocycles. The van der Waals surface area contributed by atoms with Gasteiger partial charge in [-0.2, -0.15) is 0 Å². The van der Waals surface area contributed by atoms with Crippen molar-refractivity contribution in [2.24, 2.45) is 0 Å². The smallest absolute Gasteiger partial charge is 0.323 e. The number of hydrogen-bond donors (Lipinski definition) is 1. The molecule has 0 spiro atoms. The van der Waals surface area contributed by atoms with Gasteiger partial charge in [0.25, 0.3) is 0 Å². The van der Waals surface area contributed by atoms with E-state index in [4.69, 9.17) is 5.11 Å². The molecular formula is C12H20N2O4. The Morgan fingerprint density at radius 1 is 1.28 bits per heavy atom. The Morgan fingerprint density at radius 2 is 1.94 bits per heavy atom. The van der Waals surface area contributed by atoms with Gasteiger partial charge >= 0.3 is 5.97 Å². The molecule has 1 N–H and O–H groups in total. The van der Waals surface area contributed by atoms with E-state index in [9.17, 15) is 14.4 Å². The summed E-state index contributed by atoms with van der Waals surface area (Å²) < 4.78 is 0. The second-order valence-corrected chi connectivity index (χ2v) is 4.62. The van der Waals surface area contributed by atoms with E-state index in [1.54, 1.807) is 4.90 Å². The van der Waals surface area contributed by atoms with Crippen molar-refractivity contribution in [3.05, 3.63) is 0 Å². The van der Waals surface area contributed by atoms with Gasteiger partial charge in [0.15, 0.2) is 0 Å². The number of likely N-dealkylation sites (tertiary alicyclic amines) is 1. The van der Waals surface area contributed by atoms with Crippen LogP contribution in [-0.2, 0) is 14.4 Å². The van der Waals surface area contributed by atoms with Crippen LogP contribution in [0.2, 0.25) is 0 Å². The van der Waals surface area contributed by atoms with Gasteiger partial charge in [-0.3, -0.25) is 14.4 Å². The number of amides is 2. The maximum Gasteiger partial charge on any atom is 0.323 e. The van der Waals surface area contributed by atoms with Crippen LogP contribution in [0.4, 0.5) is 0 Å². The lowest BCUT2D eigenvalue weighted by Gasteiger charge is -2.26. The minimum Gasteiger partial charge on any atom is -0.480 e. The normalized spacial score (nSPS) is 16.9. The lowest BCUT2D eigenvalue weighted by molar-refractivity contribution is -0.145. The Hall–Kier alpha value is -1.59. The molecule has 0 radical (unpaired) electrons. The zero-order valence-electron chi connectivity index (χ0n) is 10.7. The topological polar surface area (TPSA) is 77.9 Å². The molecule has 0 aromatic carbocycles. The Labute approximate surface area is 107 Å². The third-order valence-electron chi connectivity index (χ3n) is 3.05. The summed E-state index contributed by atoms with van der Waals surface area (Å²) in [6.07, 6.45) is 4.39. The van der Waals surface area contributed by atoms with Crippen molar-refractivity contribution in [3.63, 3.8) is 0 Å². The molecule has 1 rings (SSSR count). The first-order chi connectivity index (χ1) is 8.50. The summed E-state index contributed by atoms with van der Waals surface area (Å²) >= 11 is 0. The quantitative estimate of drug-likeness (QED) is 0.786. The number of carbonyl (C=O) groups excluding carboxylic acids is 2. The highest BCUT2D eigenvalue weighted by Crippen LogP contribution is 2.11. The van der Waals surface area contributed by atoms with Crippen LogP contribution in [0.3, 0.4) is 0 Å². The number of carboxylic acids is 1. The van der Waals surface area contributed by atoms with Gasteiger partial charge in [0.1, 0.15) is 6.54 Å². The van der Waals surface area contributed by atoms with E-state index in [0.717, 1.165) is 30.6 Å². The number of rotatable bonds is 4. The molecule has 0 aromatic rings. The highest BCUT2D eigenvalue weighted by molar-refractivity contribution is 5.86. The molecule has 102 valence electrons. The summed E-state index contributed by atoms with van der Waals surface area (Å²) in [5, 5.41) is 8.60. The first kappa shape index (κ1) is 14.5. The summed E-state index contributed by atoms with van der Waals surface area (Å²) in [5.74, 6) is -1.39. The number of carboxylic acid groups (broad SMARTS) is 1. The van der Waals surface area contributed by atoms with Crippen LogP contribution in [0.15, 0.2) is 0 Å². The standard InChI is InChI=1S/C12H20N2O4/c1-13(9-12(17)18)11(16)8-14-7-5-3-2-4-6-10(14)15/h2-9H2,1H3,(H,17,18). The Bertz CT molecular complexity index is 330. The number of carbonyl (C=O) groups is 3. The van der Waals surface area contributed by atoms with Gasteiger partial charge in [-0.15, -0.1) is 0 Å². The van der Waals surface area contributed by atoms with Gasteiger partial charge in [-0.05, 0) is 12.8 Å². The average molecular weight is 256 g/mol. The van der Waals surface area contributed by atoms with E-state index >= 15 is 0 Å². The lowest BCUT2D eigenvalue weighted by atomic mass is 10.1. The van der Waals surface area contributed by atoms with Crippen molar-refractivity contribution in [3.8, 4) is 0 Å². The van der Waals surface area contributed by atoms with E-state index in [1.807, 2.05) is 0 Å². The minimum absolute atomic E-state index is 0.00762. The molecule has 6 heteroatoms. The highest BCUT2D eigenvalue weighted by atomic mass is 16.4. The molecule has 1 aliphatic heterocycles. The van der Waals surface area contributed by atoms with Crippen molar-refractivity contribution >= 4 is 17.8 Å². The molecule has 0 aliphatic carbocycles. The molecule has 0 atom stereocenters. The Kier molecular flexibility index (Phi) is 5.61. The number of likely N-dealkylation sites (N-methyl/N-ethyl adjacent to an activating group) is 1. The van der Waals surface area contributed by atoms with E-state index in [2.05, 4.69) is 0 Å². The largest absolute Gasteiger partial charge is 0.480 e. The molecule has 18 heavy (non-hydrogen) atoms. The molecule has 2 amide bonds. The van der Waals surface area contributed by atoms with Crippen LogP contribution in [0.25, 0.3) is 0 Å². The fourth-order valence-electron chi connectivity index (χ4n) is 1.96. The van der Waals surface area contributed by atoms with Crippen molar-refractivity contribution in [2.75, 3.05) is 26.7 Å². The predicted molar refractivity (Wildman–Crippen MR) is 64.9 cm³/mol. The first-order valence-corrected chi connectivity index (χ1v) is 6.24. The van der Waals surface area contributed by atoms with Crippen LogP contribution >= 0.6 is 0 Å². The minimum atomic E-state index is -1.05. The summed E-state index contributed by atoms with van der Waals surface area (Å²) in [6, 6.07) is 0. The molecular weight excluding hydrogens is 236 g/mol. The van der Waals surface area contributed by atoms with Crippen molar-refractivity contribution < 1.29 is 19.5 Å². The SMILES string of the molecule is CN(CC(=O)O)C(=O)CN1CCCCCCC1=O. The van der Waals surface area contributed by atoms with Gasteiger partial charge < -0.3 is 14.9 Å². The molecule has 0 bridgehead atoms. The Morgan fingerprint density at radius 3 is 2.61 bits per heavy atom. The summed E-state index contributed by atoms with van der Waals surface area (Å²) in [4.78, 5) is 36.7.